The van der Waals surface area contributed by atoms with Crippen LogP contribution in [0.25, 0.3) is 0 Å². The van der Waals surface area contributed by atoms with Gasteiger partial charge in [-0.25, -0.2) is 0 Å². The predicted molar refractivity (Wildman–Crippen MR) is 80.7 cm³/mol. The lowest BCUT2D eigenvalue weighted by molar-refractivity contribution is -0.132. The van der Waals surface area contributed by atoms with Crippen LogP contribution in [0.1, 0.15) is 26.0 Å². The molecule has 2 rings (SSSR count). The summed E-state index contributed by atoms with van der Waals surface area (Å²) in [6.45, 7) is 4.22. The average Bonchev–Trinajstić information content (AvgIpc) is 2.37. The summed E-state index contributed by atoms with van der Waals surface area (Å²) in [4.78, 5) is 16.1. The van der Waals surface area contributed by atoms with Crippen molar-refractivity contribution in [2.45, 2.75) is 38.8 Å². The number of methoxy groups -OCH3 is 1. The Morgan fingerprint density at radius 3 is 2.75 bits per heavy atom. The molecule has 1 aromatic rings. The Labute approximate surface area is 125 Å². The molecule has 1 amide bonds. The molecule has 20 heavy (non-hydrogen) atoms. The third-order valence-corrected chi connectivity index (χ3v) is 3.99. The van der Waals surface area contributed by atoms with E-state index in [1.807, 2.05) is 0 Å². The first kappa shape index (κ1) is 16.7. The number of nitrogens with one attached hydrogen (secondary N) is 1. The van der Waals surface area contributed by atoms with Gasteiger partial charge in [0.25, 0.3) is 0 Å². The molecular formula is C14H22ClN3O2. The van der Waals surface area contributed by atoms with Gasteiger partial charge < -0.3 is 15.8 Å². The lowest BCUT2D eigenvalue weighted by Gasteiger charge is -2.51. The van der Waals surface area contributed by atoms with Crippen LogP contribution >= 0.6 is 12.4 Å². The molecule has 1 heterocycles. The molecule has 1 fully saturated rings. The van der Waals surface area contributed by atoms with E-state index in [1.54, 1.807) is 25.4 Å². The first-order chi connectivity index (χ1) is 8.93. The fourth-order valence-electron chi connectivity index (χ4n) is 2.48. The van der Waals surface area contributed by atoms with Crippen molar-refractivity contribution in [3.8, 4) is 0 Å². The molecule has 0 bridgehead atoms. The molecule has 0 aromatic carbocycles. The number of nitrogen functional groups attached to an aromatic ring is 1. The third-order valence-electron chi connectivity index (χ3n) is 3.99. The number of nitrogens with zero attached hydrogens (tertiary/aromatic N) is 1. The molecule has 112 valence electrons. The van der Waals surface area contributed by atoms with Gasteiger partial charge in [-0.15, -0.1) is 12.4 Å². The minimum absolute atomic E-state index is 0. The minimum atomic E-state index is -0.0149. The number of aromatic nitrogens is 1. The predicted octanol–water partition coefficient (Wildman–Crippen LogP) is 1.56. The Morgan fingerprint density at radius 2 is 2.25 bits per heavy atom. The average molecular weight is 300 g/mol. The molecule has 3 N–H and O–H groups in total. The Hall–Kier alpha value is -1.33. The van der Waals surface area contributed by atoms with Gasteiger partial charge in [0, 0.05) is 24.3 Å². The summed E-state index contributed by atoms with van der Waals surface area (Å²) < 4.78 is 5.37. The Balaban J connectivity index is 0.00000200. The standard InChI is InChI=1S/C14H21N3O2.ClH/c1-14(2)11(7-12(14)19-3)17-13(18)6-10-5-4-9(15)8-16-10;/h4-5,8,11-12H,6-7,15H2,1-3H3,(H,17,18);1H. The highest BCUT2D eigenvalue weighted by atomic mass is 35.5. The van der Waals surface area contributed by atoms with Gasteiger partial charge in [-0.2, -0.15) is 0 Å². The van der Waals surface area contributed by atoms with E-state index in [-0.39, 0.29) is 42.3 Å². The molecule has 6 heteroatoms. The van der Waals surface area contributed by atoms with Crippen molar-refractivity contribution in [1.82, 2.24) is 10.3 Å². The normalized spacial score (nSPS) is 23.4. The maximum Gasteiger partial charge on any atom is 0.226 e. The molecule has 1 saturated carbocycles. The third kappa shape index (κ3) is 3.41. The van der Waals surface area contributed by atoms with Crippen LogP contribution in [-0.4, -0.2) is 30.1 Å². The van der Waals surface area contributed by atoms with Crippen LogP contribution in [0.4, 0.5) is 5.69 Å². The number of halogens is 1. The van der Waals surface area contributed by atoms with Gasteiger partial charge in [-0.05, 0) is 18.6 Å². The number of amides is 1. The highest BCUT2D eigenvalue weighted by molar-refractivity contribution is 5.85. The van der Waals surface area contributed by atoms with E-state index in [2.05, 4.69) is 24.1 Å². The van der Waals surface area contributed by atoms with Gasteiger partial charge in [0.2, 0.25) is 5.91 Å². The molecule has 0 saturated heterocycles. The van der Waals surface area contributed by atoms with Crippen LogP contribution in [0.15, 0.2) is 18.3 Å². The Kier molecular flexibility index (Phi) is 5.36. The topological polar surface area (TPSA) is 77.2 Å². The fourth-order valence-corrected chi connectivity index (χ4v) is 2.48. The van der Waals surface area contributed by atoms with Gasteiger partial charge in [-0.3, -0.25) is 9.78 Å². The molecule has 1 aliphatic rings. The van der Waals surface area contributed by atoms with Crippen LogP contribution in [-0.2, 0) is 16.0 Å². The Bertz CT molecular complexity index is 462. The summed E-state index contributed by atoms with van der Waals surface area (Å²) in [5.41, 5.74) is 6.88. The zero-order valence-corrected chi connectivity index (χ0v) is 12.9. The van der Waals surface area contributed by atoms with E-state index in [1.165, 1.54) is 0 Å². The molecule has 2 unspecified atom stereocenters. The molecule has 5 nitrogen and oxygen atoms in total. The molecule has 0 radical (unpaired) electrons. The zero-order chi connectivity index (χ0) is 14.0. The first-order valence-corrected chi connectivity index (χ1v) is 6.46. The van der Waals surface area contributed by atoms with E-state index in [4.69, 9.17) is 10.5 Å². The van der Waals surface area contributed by atoms with Crippen molar-refractivity contribution in [3.63, 3.8) is 0 Å². The minimum Gasteiger partial charge on any atom is -0.397 e. The second-order valence-electron chi connectivity index (χ2n) is 5.66. The summed E-state index contributed by atoms with van der Waals surface area (Å²) in [7, 11) is 1.71. The van der Waals surface area contributed by atoms with Crippen LogP contribution < -0.4 is 11.1 Å². The van der Waals surface area contributed by atoms with Crippen LogP contribution in [0.5, 0.6) is 0 Å². The summed E-state index contributed by atoms with van der Waals surface area (Å²) in [6.07, 6.45) is 2.93. The first-order valence-electron chi connectivity index (χ1n) is 6.46. The molecule has 1 aliphatic carbocycles. The van der Waals surface area contributed by atoms with Crippen LogP contribution in [0, 0.1) is 5.41 Å². The number of ether oxygens (including phenoxy) is 1. The largest absolute Gasteiger partial charge is 0.397 e. The van der Waals surface area contributed by atoms with Crippen molar-refractivity contribution >= 4 is 24.0 Å². The molecule has 1 aromatic heterocycles. The van der Waals surface area contributed by atoms with E-state index in [0.29, 0.717) is 5.69 Å². The summed E-state index contributed by atoms with van der Waals surface area (Å²) in [5.74, 6) is -0.00935. The van der Waals surface area contributed by atoms with E-state index < -0.39 is 0 Å². The van der Waals surface area contributed by atoms with Gasteiger partial charge in [0.05, 0.1) is 24.4 Å². The smallest absolute Gasteiger partial charge is 0.226 e. The summed E-state index contributed by atoms with van der Waals surface area (Å²) in [6, 6.07) is 3.70. The maximum absolute atomic E-state index is 12.0. The number of pyridine rings is 1. The number of hydrogen-bond donors (Lipinski definition) is 2. The van der Waals surface area contributed by atoms with Crippen molar-refractivity contribution < 1.29 is 9.53 Å². The number of rotatable bonds is 4. The van der Waals surface area contributed by atoms with Gasteiger partial charge >= 0.3 is 0 Å². The number of carbonyl (C=O) groups excluding carboxylic acids is 1. The highest BCUT2D eigenvalue weighted by Gasteiger charge is 2.49. The second-order valence-corrected chi connectivity index (χ2v) is 5.66. The molecule has 0 aliphatic heterocycles. The quantitative estimate of drug-likeness (QED) is 0.884. The van der Waals surface area contributed by atoms with Crippen molar-refractivity contribution in [3.05, 3.63) is 24.0 Å². The molecule has 2 atom stereocenters. The maximum atomic E-state index is 12.0. The molecular weight excluding hydrogens is 278 g/mol. The van der Waals surface area contributed by atoms with Crippen molar-refractivity contribution in [2.75, 3.05) is 12.8 Å². The summed E-state index contributed by atoms with van der Waals surface area (Å²) in [5, 5.41) is 3.04. The highest BCUT2D eigenvalue weighted by Crippen LogP contribution is 2.42. The fraction of sp³-hybridized carbons (Fsp3) is 0.571. The molecule has 0 spiro atoms. The lowest BCUT2D eigenvalue weighted by Crippen LogP contribution is -2.62. The van der Waals surface area contributed by atoms with E-state index in [9.17, 15) is 4.79 Å². The monoisotopic (exact) mass is 299 g/mol. The summed E-state index contributed by atoms with van der Waals surface area (Å²) >= 11 is 0. The lowest BCUT2D eigenvalue weighted by atomic mass is 9.64. The van der Waals surface area contributed by atoms with Gasteiger partial charge in [0.1, 0.15) is 0 Å². The van der Waals surface area contributed by atoms with Crippen molar-refractivity contribution in [1.29, 1.82) is 0 Å². The van der Waals surface area contributed by atoms with Crippen LogP contribution in [0.3, 0.4) is 0 Å². The van der Waals surface area contributed by atoms with Crippen LogP contribution in [0.2, 0.25) is 0 Å². The number of anilines is 1. The zero-order valence-electron chi connectivity index (χ0n) is 12.1. The van der Waals surface area contributed by atoms with E-state index in [0.717, 1.165) is 12.1 Å². The van der Waals surface area contributed by atoms with Gasteiger partial charge in [-0.1, -0.05) is 13.8 Å². The second kappa shape index (κ2) is 6.41. The number of hydrogen-bond acceptors (Lipinski definition) is 4. The van der Waals surface area contributed by atoms with E-state index >= 15 is 0 Å². The number of nitrogens with two attached hydrogens (primary N) is 1. The van der Waals surface area contributed by atoms with Gasteiger partial charge in [0.15, 0.2) is 0 Å². The van der Waals surface area contributed by atoms with Crippen molar-refractivity contribution in [2.24, 2.45) is 5.41 Å². The SMILES string of the molecule is COC1CC(NC(=O)Cc2ccc(N)cn2)C1(C)C.Cl. The number of carbonyl (C=O) groups is 1. The Morgan fingerprint density at radius 1 is 1.55 bits per heavy atom.